The van der Waals surface area contributed by atoms with Gasteiger partial charge < -0.3 is 0 Å². The molecule has 2 aromatic rings. The Balaban J connectivity index is 2.08. The summed E-state index contributed by atoms with van der Waals surface area (Å²) in [7, 11) is 0. The van der Waals surface area contributed by atoms with Gasteiger partial charge in [-0.15, -0.1) is 0 Å². The van der Waals surface area contributed by atoms with Crippen LogP contribution in [0.1, 0.15) is 50.9 Å². The summed E-state index contributed by atoms with van der Waals surface area (Å²) in [6.07, 6.45) is 2.52. The second-order valence-corrected chi connectivity index (χ2v) is 6.59. The molecule has 1 aromatic heterocycles. The third-order valence-electron chi connectivity index (χ3n) is 5.68. The number of rotatable bonds is 0. The van der Waals surface area contributed by atoms with Crippen molar-refractivity contribution in [2.24, 2.45) is 5.41 Å². The molecule has 2 nitrogen and oxygen atoms in total. The molecule has 0 N–H and O–H groups in total. The average molecular weight is 238 g/mol. The van der Waals surface area contributed by atoms with Crippen molar-refractivity contribution in [1.82, 2.24) is 9.97 Å². The number of hydrogen-bond donors (Lipinski definition) is 0. The van der Waals surface area contributed by atoms with Crippen molar-refractivity contribution in [1.29, 1.82) is 0 Å². The summed E-state index contributed by atoms with van der Waals surface area (Å²) in [6.45, 7) is 7.15. The molecule has 0 saturated heterocycles. The Morgan fingerprint density at radius 2 is 1.72 bits per heavy atom. The van der Waals surface area contributed by atoms with Crippen molar-refractivity contribution in [3.8, 4) is 0 Å². The maximum Gasteiger partial charge on any atom is 0.0890 e. The third-order valence-corrected chi connectivity index (χ3v) is 5.68. The Morgan fingerprint density at radius 3 is 2.44 bits per heavy atom. The minimum atomic E-state index is 0.212. The first kappa shape index (κ1) is 10.5. The maximum atomic E-state index is 4.94. The standard InChI is InChI=1S/C16H18N2/c1-15(2)10-8-9-16(15,3)14-13(10)17-11-6-4-5-7-12(11)18-14/h4-7,10H,8-9H2,1-3H3. The quantitative estimate of drug-likeness (QED) is 0.697. The van der Waals surface area contributed by atoms with E-state index in [0.717, 1.165) is 11.0 Å². The lowest BCUT2D eigenvalue weighted by Crippen LogP contribution is -2.31. The number of nitrogens with zero attached hydrogens (tertiary/aromatic N) is 2. The zero-order valence-electron chi connectivity index (χ0n) is 11.2. The van der Waals surface area contributed by atoms with E-state index in [9.17, 15) is 0 Å². The van der Waals surface area contributed by atoms with Crippen molar-refractivity contribution in [3.63, 3.8) is 0 Å². The van der Waals surface area contributed by atoms with Crippen LogP contribution in [0.2, 0.25) is 0 Å². The first-order valence-electron chi connectivity index (χ1n) is 6.81. The third kappa shape index (κ3) is 0.969. The van der Waals surface area contributed by atoms with E-state index in [2.05, 4.69) is 32.9 Å². The first-order valence-corrected chi connectivity index (χ1v) is 6.81. The van der Waals surface area contributed by atoms with E-state index in [0.29, 0.717) is 11.3 Å². The van der Waals surface area contributed by atoms with Crippen LogP contribution in [0.5, 0.6) is 0 Å². The average Bonchev–Trinajstić information content (AvgIpc) is 2.68. The van der Waals surface area contributed by atoms with Gasteiger partial charge in [0.15, 0.2) is 0 Å². The molecule has 2 heteroatoms. The fourth-order valence-electron chi connectivity index (χ4n) is 4.07. The van der Waals surface area contributed by atoms with Gasteiger partial charge in [-0.2, -0.15) is 0 Å². The molecule has 1 fully saturated rings. The van der Waals surface area contributed by atoms with Gasteiger partial charge in [0.05, 0.1) is 22.4 Å². The minimum absolute atomic E-state index is 0.212. The first-order chi connectivity index (χ1) is 8.54. The summed E-state index contributed by atoms with van der Waals surface area (Å²) >= 11 is 0. The summed E-state index contributed by atoms with van der Waals surface area (Å²) in [5.74, 6) is 0.592. The number of fused-ring (bicyclic) bond motifs is 6. The Kier molecular flexibility index (Phi) is 1.71. The van der Waals surface area contributed by atoms with Crippen LogP contribution >= 0.6 is 0 Å². The summed E-state index contributed by atoms with van der Waals surface area (Å²) in [5, 5.41) is 0. The topological polar surface area (TPSA) is 25.8 Å². The van der Waals surface area contributed by atoms with Crippen LogP contribution in [0.3, 0.4) is 0 Å². The van der Waals surface area contributed by atoms with Gasteiger partial charge in [0.1, 0.15) is 0 Å². The van der Waals surface area contributed by atoms with Gasteiger partial charge in [0.2, 0.25) is 0 Å². The van der Waals surface area contributed by atoms with Crippen molar-refractivity contribution in [2.75, 3.05) is 0 Å². The molecule has 2 atom stereocenters. The molecular weight excluding hydrogens is 220 g/mol. The van der Waals surface area contributed by atoms with E-state index in [1.807, 2.05) is 12.1 Å². The fourth-order valence-corrected chi connectivity index (χ4v) is 4.07. The molecule has 2 bridgehead atoms. The van der Waals surface area contributed by atoms with E-state index in [1.54, 1.807) is 0 Å². The number of hydrogen-bond acceptors (Lipinski definition) is 2. The lowest BCUT2D eigenvalue weighted by molar-refractivity contribution is 0.227. The fraction of sp³-hybridized carbons (Fsp3) is 0.500. The molecule has 2 aliphatic rings. The summed E-state index contributed by atoms with van der Waals surface area (Å²) in [4.78, 5) is 9.86. The highest BCUT2D eigenvalue weighted by atomic mass is 14.9. The van der Waals surface area contributed by atoms with Crippen LogP contribution in [-0.2, 0) is 5.41 Å². The molecule has 0 spiro atoms. The van der Waals surface area contributed by atoms with Gasteiger partial charge in [-0.1, -0.05) is 32.9 Å². The van der Waals surface area contributed by atoms with Gasteiger partial charge in [0.25, 0.3) is 0 Å². The van der Waals surface area contributed by atoms with Gasteiger partial charge in [-0.3, -0.25) is 0 Å². The van der Waals surface area contributed by atoms with Crippen LogP contribution in [0, 0.1) is 5.41 Å². The highest BCUT2D eigenvalue weighted by Gasteiger charge is 2.61. The number of para-hydroxylation sites is 2. The maximum absolute atomic E-state index is 4.94. The van der Waals surface area contributed by atoms with E-state index < -0.39 is 0 Å². The molecular formula is C16H18N2. The van der Waals surface area contributed by atoms with E-state index in [4.69, 9.17) is 9.97 Å². The highest BCUT2D eigenvalue weighted by Crippen LogP contribution is 2.66. The second-order valence-electron chi connectivity index (χ2n) is 6.59. The SMILES string of the molecule is CC12CCC(c3nc4ccccc4nc31)C2(C)C. The monoisotopic (exact) mass is 238 g/mol. The van der Waals surface area contributed by atoms with Gasteiger partial charge in [-0.25, -0.2) is 9.97 Å². The molecule has 0 amide bonds. The van der Waals surface area contributed by atoms with Crippen molar-refractivity contribution in [2.45, 2.75) is 44.9 Å². The molecule has 1 saturated carbocycles. The predicted octanol–water partition coefficient (Wildman–Crippen LogP) is 3.80. The van der Waals surface area contributed by atoms with Crippen LogP contribution in [-0.4, -0.2) is 9.97 Å². The molecule has 4 rings (SSSR count). The van der Waals surface area contributed by atoms with Crippen LogP contribution < -0.4 is 0 Å². The van der Waals surface area contributed by atoms with Crippen molar-refractivity contribution < 1.29 is 0 Å². The van der Waals surface area contributed by atoms with Crippen LogP contribution in [0.25, 0.3) is 11.0 Å². The Labute approximate surface area is 107 Å². The Morgan fingerprint density at radius 1 is 1.06 bits per heavy atom. The van der Waals surface area contributed by atoms with Gasteiger partial charge in [-0.05, 0) is 30.4 Å². The summed E-state index contributed by atoms with van der Waals surface area (Å²) in [6, 6.07) is 8.24. The second kappa shape index (κ2) is 2.93. The van der Waals surface area contributed by atoms with Crippen LogP contribution in [0.4, 0.5) is 0 Å². The van der Waals surface area contributed by atoms with Crippen LogP contribution in [0.15, 0.2) is 24.3 Å². The van der Waals surface area contributed by atoms with E-state index in [-0.39, 0.29) is 5.41 Å². The molecule has 18 heavy (non-hydrogen) atoms. The summed E-state index contributed by atoms with van der Waals surface area (Å²) in [5.41, 5.74) is 5.13. The van der Waals surface area contributed by atoms with E-state index >= 15 is 0 Å². The number of benzene rings is 1. The molecule has 0 aliphatic heterocycles. The highest BCUT2D eigenvalue weighted by molar-refractivity contribution is 5.75. The molecule has 0 radical (unpaired) electrons. The lowest BCUT2D eigenvalue weighted by atomic mass is 9.70. The zero-order valence-corrected chi connectivity index (χ0v) is 11.2. The zero-order chi connectivity index (χ0) is 12.5. The Hall–Kier alpha value is -1.44. The molecule has 2 unspecified atom stereocenters. The van der Waals surface area contributed by atoms with Crippen molar-refractivity contribution in [3.05, 3.63) is 35.7 Å². The molecule has 1 aromatic carbocycles. The largest absolute Gasteiger partial charge is 0.249 e. The lowest BCUT2D eigenvalue weighted by Gasteiger charge is -2.34. The minimum Gasteiger partial charge on any atom is -0.249 e. The Bertz CT molecular complexity index is 659. The molecule has 2 aliphatic carbocycles. The predicted molar refractivity (Wildman–Crippen MR) is 72.6 cm³/mol. The smallest absolute Gasteiger partial charge is 0.0890 e. The van der Waals surface area contributed by atoms with E-state index in [1.165, 1.54) is 24.2 Å². The summed E-state index contributed by atoms with van der Waals surface area (Å²) < 4.78 is 0. The van der Waals surface area contributed by atoms with Gasteiger partial charge in [0, 0.05) is 11.3 Å². The molecule has 1 heterocycles. The van der Waals surface area contributed by atoms with Gasteiger partial charge >= 0.3 is 0 Å². The normalized spacial score (nSPS) is 31.8. The number of aromatic nitrogens is 2. The van der Waals surface area contributed by atoms with Crippen molar-refractivity contribution >= 4 is 11.0 Å². The molecule has 92 valence electrons.